The summed E-state index contributed by atoms with van der Waals surface area (Å²) in [5, 5.41) is 18.4. The fourth-order valence-electron chi connectivity index (χ4n) is 1.46. The summed E-state index contributed by atoms with van der Waals surface area (Å²) in [7, 11) is 0. The number of nitro benzene ring substituents is 1. The van der Waals surface area contributed by atoms with Crippen molar-refractivity contribution in [3.63, 3.8) is 0 Å². The van der Waals surface area contributed by atoms with Gasteiger partial charge in [0.15, 0.2) is 0 Å². The van der Waals surface area contributed by atoms with Gasteiger partial charge in [-0.2, -0.15) is 0 Å². The maximum Gasteiger partial charge on any atom is 0.297 e. The summed E-state index contributed by atoms with van der Waals surface area (Å²) >= 11 is 5.56. The fourth-order valence-corrected chi connectivity index (χ4v) is 1.66. The summed E-state index contributed by atoms with van der Waals surface area (Å²) in [5.41, 5.74) is 0.413. The number of nitrogens with zero attached hydrogens (tertiary/aromatic N) is 4. The number of aryl methyl sites for hydroxylation is 1. The van der Waals surface area contributed by atoms with Gasteiger partial charge in [-0.25, -0.2) is 9.07 Å². The lowest BCUT2D eigenvalue weighted by Gasteiger charge is -2.01. The predicted octanol–water partition coefficient (Wildman–Crippen LogP) is 2.10. The monoisotopic (exact) mass is 270 g/mol. The molecule has 0 aliphatic carbocycles. The second-order valence-electron chi connectivity index (χ2n) is 3.48. The number of nitro groups is 1. The largest absolute Gasteiger partial charge is 0.297 e. The van der Waals surface area contributed by atoms with Gasteiger partial charge in [-0.3, -0.25) is 10.1 Å². The molecule has 2 rings (SSSR count). The summed E-state index contributed by atoms with van der Waals surface area (Å²) in [6.07, 6.45) is 2.04. The van der Waals surface area contributed by atoms with Crippen molar-refractivity contribution in [2.45, 2.75) is 6.42 Å². The number of halogens is 2. The lowest BCUT2D eigenvalue weighted by Crippen LogP contribution is -2.01. The second-order valence-corrected chi connectivity index (χ2v) is 3.86. The first-order valence-electron chi connectivity index (χ1n) is 5.03. The van der Waals surface area contributed by atoms with Gasteiger partial charge < -0.3 is 0 Å². The SMILES string of the molecule is O=[N+]([O-])c1cc(F)ccc1-n1cc(CCCl)nn1. The van der Waals surface area contributed by atoms with Crippen molar-refractivity contribution in [1.82, 2.24) is 15.0 Å². The Balaban J connectivity index is 2.45. The number of benzene rings is 1. The van der Waals surface area contributed by atoms with E-state index in [1.807, 2.05) is 0 Å². The smallest absolute Gasteiger partial charge is 0.258 e. The number of aromatic nitrogens is 3. The van der Waals surface area contributed by atoms with E-state index in [1.165, 1.54) is 16.9 Å². The van der Waals surface area contributed by atoms with Crippen molar-refractivity contribution < 1.29 is 9.31 Å². The fraction of sp³-hybridized carbons (Fsp3) is 0.200. The van der Waals surface area contributed by atoms with Gasteiger partial charge in [0.1, 0.15) is 11.5 Å². The highest BCUT2D eigenvalue weighted by Crippen LogP contribution is 2.23. The van der Waals surface area contributed by atoms with Crippen LogP contribution in [0.25, 0.3) is 5.69 Å². The Hall–Kier alpha value is -2.02. The average molecular weight is 271 g/mol. The van der Waals surface area contributed by atoms with Gasteiger partial charge in [-0.1, -0.05) is 5.21 Å². The number of rotatable bonds is 4. The molecule has 0 fully saturated rings. The van der Waals surface area contributed by atoms with E-state index < -0.39 is 10.7 Å². The van der Waals surface area contributed by atoms with E-state index in [0.29, 0.717) is 18.0 Å². The lowest BCUT2D eigenvalue weighted by molar-refractivity contribution is -0.384. The molecule has 6 nitrogen and oxygen atoms in total. The first kappa shape index (κ1) is 12.4. The minimum atomic E-state index is -0.674. The zero-order valence-electron chi connectivity index (χ0n) is 9.08. The van der Waals surface area contributed by atoms with Crippen LogP contribution < -0.4 is 0 Å². The van der Waals surface area contributed by atoms with Crippen molar-refractivity contribution >= 4 is 17.3 Å². The van der Waals surface area contributed by atoms with E-state index in [2.05, 4.69) is 10.3 Å². The zero-order chi connectivity index (χ0) is 13.1. The van der Waals surface area contributed by atoms with Crippen LogP contribution in [0.1, 0.15) is 5.69 Å². The third-order valence-corrected chi connectivity index (χ3v) is 2.46. The molecule has 0 spiro atoms. The molecule has 0 amide bonds. The van der Waals surface area contributed by atoms with Gasteiger partial charge in [-0.05, 0) is 12.1 Å². The molecule has 0 atom stereocenters. The van der Waals surface area contributed by atoms with Crippen molar-refractivity contribution in [2.24, 2.45) is 0 Å². The Morgan fingerprint density at radius 2 is 2.28 bits per heavy atom. The molecule has 8 heteroatoms. The van der Waals surface area contributed by atoms with Crippen LogP contribution >= 0.6 is 11.6 Å². The standard InChI is InChI=1S/C10H8ClFN4O2/c11-4-3-8-6-15(14-13-8)9-2-1-7(12)5-10(9)16(17)18/h1-2,5-6H,3-4H2. The highest BCUT2D eigenvalue weighted by molar-refractivity contribution is 6.17. The topological polar surface area (TPSA) is 73.8 Å². The molecule has 1 heterocycles. The lowest BCUT2D eigenvalue weighted by atomic mass is 10.2. The first-order chi connectivity index (χ1) is 8.61. The van der Waals surface area contributed by atoms with E-state index in [4.69, 9.17) is 11.6 Å². The molecule has 1 aromatic carbocycles. The first-order valence-corrected chi connectivity index (χ1v) is 5.57. The van der Waals surface area contributed by atoms with Gasteiger partial charge >= 0.3 is 0 Å². The normalized spacial score (nSPS) is 10.6. The molecule has 94 valence electrons. The maximum atomic E-state index is 13.0. The minimum absolute atomic E-state index is 0.162. The molecule has 0 saturated heterocycles. The average Bonchev–Trinajstić information content (AvgIpc) is 2.78. The molecular formula is C10H8ClFN4O2. The minimum Gasteiger partial charge on any atom is -0.258 e. The Labute approximate surface area is 106 Å². The highest BCUT2D eigenvalue weighted by atomic mass is 35.5. The Kier molecular flexibility index (Phi) is 3.52. The zero-order valence-corrected chi connectivity index (χ0v) is 9.84. The summed E-state index contributed by atoms with van der Waals surface area (Å²) < 4.78 is 14.2. The van der Waals surface area contributed by atoms with Gasteiger partial charge in [0, 0.05) is 12.3 Å². The maximum absolute atomic E-state index is 13.0. The van der Waals surface area contributed by atoms with Crippen LogP contribution in [0.2, 0.25) is 0 Å². The quantitative estimate of drug-likeness (QED) is 0.484. The molecule has 18 heavy (non-hydrogen) atoms. The summed E-state index contributed by atoms with van der Waals surface area (Å²) in [6, 6.07) is 3.26. The molecule has 1 aromatic heterocycles. The van der Waals surface area contributed by atoms with Gasteiger partial charge in [-0.15, -0.1) is 16.7 Å². The molecule has 0 aliphatic rings. The van der Waals surface area contributed by atoms with Crippen LogP contribution in [0.15, 0.2) is 24.4 Å². The van der Waals surface area contributed by atoms with Crippen molar-refractivity contribution in [1.29, 1.82) is 0 Å². The predicted molar refractivity (Wildman–Crippen MR) is 62.4 cm³/mol. The number of alkyl halides is 1. The van der Waals surface area contributed by atoms with Crippen molar-refractivity contribution in [2.75, 3.05) is 5.88 Å². The van der Waals surface area contributed by atoms with Gasteiger partial charge in [0.05, 0.1) is 22.9 Å². The molecule has 0 aliphatic heterocycles. The molecule has 2 aromatic rings. The molecule has 0 saturated carbocycles. The molecule has 0 radical (unpaired) electrons. The van der Waals surface area contributed by atoms with Crippen LogP contribution in [-0.2, 0) is 6.42 Å². The summed E-state index contributed by atoms with van der Waals surface area (Å²) in [5.74, 6) is -0.295. The van der Waals surface area contributed by atoms with Gasteiger partial charge in [0.25, 0.3) is 5.69 Å². The molecule has 0 unspecified atom stereocenters. The molecule has 0 bridgehead atoms. The highest BCUT2D eigenvalue weighted by Gasteiger charge is 2.17. The second kappa shape index (κ2) is 5.09. The summed E-state index contributed by atoms with van der Waals surface area (Å²) in [6.45, 7) is 0. The van der Waals surface area contributed by atoms with E-state index in [0.717, 1.165) is 12.1 Å². The van der Waals surface area contributed by atoms with E-state index in [1.54, 1.807) is 0 Å². The van der Waals surface area contributed by atoms with Crippen LogP contribution in [0.3, 0.4) is 0 Å². The van der Waals surface area contributed by atoms with Crippen molar-refractivity contribution in [3.8, 4) is 5.69 Å². The van der Waals surface area contributed by atoms with E-state index in [9.17, 15) is 14.5 Å². The molecular weight excluding hydrogens is 263 g/mol. The molecule has 0 N–H and O–H groups in total. The Bertz CT molecular complexity index is 587. The van der Waals surface area contributed by atoms with E-state index >= 15 is 0 Å². The number of hydrogen-bond acceptors (Lipinski definition) is 4. The van der Waals surface area contributed by atoms with Crippen LogP contribution in [0.5, 0.6) is 0 Å². The summed E-state index contributed by atoms with van der Waals surface area (Å²) in [4.78, 5) is 10.2. The Morgan fingerprint density at radius 3 is 2.94 bits per heavy atom. The van der Waals surface area contributed by atoms with Crippen LogP contribution in [-0.4, -0.2) is 25.8 Å². The Morgan fingerprint density at radius 1 is 1.50 bits per heavy atom. The van der Waals surface area contributed by atoms with Gasteiger partial charge in [0.2, 0.25) is 0 Å². The number of hydrogen-bond donors (Lipinski definition) is 0. The van der Waals surface area contributed by atoms with Crippen molar-refractivity contribution in [3.05, 3.63) is 46.0 Å². The van der Waals surface area contributed by atoms with E-state index in [-0.39, 0.29) is 11.4 Å². The third-order valence-electron chi connectivity index (χ3n) is 2.27. The third kappa shape index (κ3) is 2.45. The van der Waals surface area contributed by atoms with Crippen LogP contribution in [0, 0.1) is 15.9 Å². The van der Waals surface area contributed by atoms with Crippen LogP contribution in [0.4, 0.5) is 10.1 Å².